The zero-order chi connectivity index (χ0) is 12.4. The van der Waals surface area contributed by atoms with E-state index in [1.54, 1.807) is 24.3 Å². The van der Waals surface area contributed by atoms with Gasteiger partial charge in [0, 0.05) is 0 Å². The van der Waals surface area contributed by atoms with E-state index in [1.165, 1.54) is 0 Å². The summed E-state index contributed by atoms with van der Waals surface area (Å²) in [6.45, 7) is 3.47. The zero-order valence-electron chi connectivity index (χ0n) is 10.9. The maximum absolute atomic E-state index is 11.8. The SMILES string of the molecule is C=C(C([NH-])=O)N1C(=O)C[C-]=Nc2ccccc21.[Rb+].[Rb+]. The fourth-order valence-corrected chi connectivity index (χ4v) is 1.55. The van der Waals surface area contributed by atoms with Gasteiger partial charge in [0.05, 0.1) is 11.6 Å². The van der Waals surface area contributed by atoms with Crippen molar-refractivity contribution >= 4 is 29.4 Å². The van der Waals surface area contributed by atoms with Gasteiger partial charge in [-0.2, -0.15) is 6.21 Å². The molecule has 0 radical (unpaired) electrons. The third-order valence-corrected chi connectivity index (χ3v) is 2.33. The average Bonchev–Trinajstić information content (AvgIpc) is 2.46. The summed E-state index contributed by atoms with van der Waals surface area (Å²) in [5.74, 6) is -1.36. The molecule has 1 aromatic carbocycles. The van der Waals surface area contributed by atoms with Crippen LogP contribution in [-0.2, 0) is 9.59 Å². The van der Waals surface area contributed by atoms with Crippen molar-refractivity contribution in [3.05, 3.63) is 42.3 Å². The molecule has 1 N–H and O–H groups in total. The van der Waals surface area contributed by atoms with Crippen molar-refractivity contribution in [3.63, 3.8) is 0 Å². The van der Waals surface area contributed by atoms with Gasteiger partial charge in [-0.3, -0.25) is 9.69 Å². The number of anilines is 1. The second-order valence-corrected chi connectivity index (χ2v) is 3.44. The third-order valence-electron chi connectivity index (χ3n) is 2.33. The van der Waals surface area contributed by atoms with Gasteiger partial charge in [0.1, 0.15) is 0 Å². The summed E-state index contributed by atoms with van der Waals surface area (Å²) in [7, 11) is 0. The van der Waals surface area contributed by atoms with Gasteiger partial charge in [-0.15, -0.1) is 6.07 Å². The fraction of sp³-hybridized carbons (Fsp3) is 0.0833. The van der Waals surface area contributed by atoms with E-state index in [0.29, 0.717) is 11.4 Å². The van der Waals surface area contributed by atoms with Gasteiger partial charge in [0.25, 0.3) is 0 Å². The normalized spacial score (nSPS) is 12.6. The summed E-state index contributed by atoms with van der Waals surface area (Å²) in [6, 6.07) is 6.85. The molecular formula is C12H9N3O2Rb2. The van der Waals surface area contributed by atoms with Crippen LogP contribution in [0.4, 0.5) is 11.4 Å². The van der Waals surface area contributed by atoms with Gasteiger partial charge in [-0.1, -0.05) is 30.5 Å². The van der Waals surface area contributed by atoms with E-state index in [9.17, 15) is 9.59 Å². The minimum Gasteiger partial charge on any atom is -0.662 e. The molecule has 0 atom stereocenters. The Morgan fingerprint density at radius 2 is 2.00 bits per heavy atom. The molecule has 86 valence electrons. The van der Waals surface area contributed by atoms with Crippen LogP contribution in [0.15, 0.2) is 41.5 Å². The average molecular weight is 398 g/mol. The van der Waals surface area contributed by atoms with Gasteiger partial charge in [-0.25, -0.2) is 0 Å². The molecule has 0 aromatic heterocycles. The van der Waals surface area contributed by atoms with Crippen molar-refractivity contribution in [1.82, 2.24) is 0 Å². The number of benzene rings is 1. The number of rotatable bonds is 2. The van der Waals surface area contributed by atoms with E-state index in [0.717, 1.165) is 4.90 Å². The van der Waals surface area contributed by atoms with Crippen LogP contribution in [0.3, 0.4) is 0 Å². The van der Waals surface area contributed by atoms with E-state index < -0.39 is 5.91 Å². The Hall–Kier alpha value is 1.18. The predicted molar refractivity (Wildman–Crippen MR) is 64.1 cm³/mol. The second kappa shape index (κ2) is 9.25. The molecule has 0 aliphatic carbocycles. The molecule has 0 bridgehead atoms. The van der Waals surface area contributed by atoms with Gasteiger partial charge < -0.3 is 15.5 Å². The predicted octanol–water partition coefficient (Wildman–Crippen LogP) is -3.90. The zero-order valence-corrected chi connectivity index (χ0v) is 20.8. The standard InChI is InChI=1S/C12H10N3O2.2Rb/c1-8(12(13)17)15-10-5-3-2-4-9(10)14-7-6-11(15)16;;/h2-5H,1,6H2,(H2,13,17);;/q-1;2*+1/p-1. The maximum Gasteiger partial charge on any atom is 1.00 e. The van der Waals surface area contributed by atoms with Crippen LogP contribution in [0.25, 0.3) is 5.73 Å². The molecule has 5 nitrogen and oxygen atoms in total. The van der Waals surface area contributed by atoms with Crippen molar-refractivity contribution in [3.8, 4) is 0 Å². The third kappa shape index (κ3) is 4.85. The van der Waals surface area contributed by atoms with Crippen LogP contribution in [0.2, 0.25) is 0 Å². The first-order valence-corrected chi connectivity index (χ1v) is 4.91. The molecule has 7 heteroatoms. The number of nitrogens with one attached hydrogen (secondary N) is 1. The molecule has 1 aromatic rings. The molecule has 0 spiro atoms. The minimum absolute atomic E-state index is 0. The number of amides is 2. The van der Waals surface area contributed by atoms with Crippen LogP contribution in [-0.4, -0.2) is 18.0 Å². The fourth-order valence-electron chi connectivity index (χ4n) is 1.55. The molecule has 0 unspecified atom stereocenters. The van der Waals surface area contributed by atoms with Crippen LogP contribution in [0.5, 0.6) is 0 Å². The van der Waals surface area contributed by atoms with Crippen LogP contribution >= 0.6 is 0 Å². The summed E-state index contributed by atoms with van der Waals surface area (Å²) in [4.78, 5) is 28.0. The van der Waals surface area contributed by atoms with Crippen molar-refractivity contribution in [1.29, 1.82) is 0 Å². The number of carbonyl (C=O) groups is 2. The van der Waals surface area contributed by atoms with E-state index in [-0.39, 0.29) is 134 Å². The molecule has 19 heavy (non-hydrogen) atoms. The van der Waals surface area contributed by atoms with Crippen molar-refractivity contribution < 1.29 is 126 Å². The molecule has 1 heterocycles. The van der Waals surface area contributed by atoms with E-state index in [2.05, 4.69) is 17.8 Å². The van der Waals surface area contributed by atoms with Crippen molar-refractivity contribution in [2.75, 3.05) is 4.90 Å². The minimum atomic E-state index is -0.991. The Balaban J connectivity index is 0.00000162. The topological polar surface area (TPSA) is 73.5 Å². The number of nitrogens with zero attached hydrogens (tertiary/aromatic N) is 2. The smallest absolute Gasteiger partial charge is 0.662 e. The van der Waals surface area contributed by atoms with Crippen LogP contribution in [0.1, 0.15) is 6.42 Å². The molecular weight excluding hydrogens is 389 g/mol. The largest absolute Gasteiger partial charge is 1.00 e. The Morgan fingerprint density at radius 1 is 1.37 bits per heavy atom. The first kappa shape index (κ1) is 20.2. The van der Waals surface area contributed by atoms with Gasteiger partial charge in [0.15, 0.2) is 0 Å². The monoisotopic (exact) mass is 397 g/mol. The number of para-hydroxylation sites is 2. The first-order chi connectivity index (χ1) is 8.11. The maximum atomic E-state index is 11.8. The quantitative estimate of drug-likeness (QED) is 0.378. The van der Waals surface area contributed by atoms with Crippen LogP contribution in [0, 0.1) is 0 Å². The van der Waals surface area contributed by atoms with Gasteiger partial charge in [0.2, 0.25) is 5.91 Å². The van der Waals surface area contributed by atoms with Crippen LogP contribution < -0.4 is 121 Å². The molecule has 0 fully saturated rings. The molecule has 0 saturated carbocycles. The number of aliphatic imine (C=N–C) groups is 1. The molecule has 2 rings (SSSR count). The number of hydrogen-bond acceptors (Lipinski definition) is 3. The van der Waals surface area contributed by atoms with Gasteiger partial charge in [-0.05, 0) is 12.1 Å². The first-order valence-electron chi connectivity index (χ1n) is 4.91. The molecule has 1 aliphatic heterocycles. The summed E-state index contributed by atoms with van der Waals surface area (Å²) in [5.41, 5.74) is 7.84. The van der Waals surface area contributed by atoms with E-state index in [4.69, 9.17) is 5.73 Å². The Bertz CT molecular complexity index is 544. The van der Waals surface area contributed by atoms with E-state index >= 15 is 0 Å². The van der Waals surface area contributed by atoms with E-state index in [1.807, 2.05) is 0 Å². The van der Waals surface area contributed by atoms with Gasteiger partial charge >= 0.3 is 116 Å². The Kier molecular flexibility index (Phi) is 9.82. The summed E-state index contributed by atoms with van der Waals surface area (Å²) in [5, 5.41) is 0. The van der Waals surface area contributed by atoms with Crippen molar-refractivity contribution in [2.24, 2.45) is 4.99 Å². The molecule has 0 saturated heterocycles. The van der Waals surface area contributed by atoms with Crippen molar-refractivity contribution in [2.45, 2.75) is 6.42 Å². The number of hydrogen-bond donors (Lipinski definition) is 0. The second-order valence-electron chi connectivity index (χ2n) is 3.44. The summed E-state index contributed by atoms with van der Waals surface area (Å²) >= 11 is 0. The summed E-state index contributed by atoms with van der Waals surface area (Å²) in [6.07, 6.45) is 2.56. The Morgan fingerprint density at radius 3 is 2.63 bits per heavy atom. The number of carbonyl (C=O) groups excluding carboxylic acids is 2. The molecule has 2 amide bonds. The summed E-state index contributed by atoms with van der Waals surface area (Å²) < 4.78 is 0. The molecule has 1 aliphatic rings. The Labute approximate surface area is 209 Å². The number of fused-ring (bicyclic) bond motifs is 1.